The molecule has 3 nitrogen and oxygen atoms in total. The molecule has 1 aliphatic heterocycles. The molecular formula is C11H23NO2S2. The minimum Gasteiger partial charge on any atom is -0.302 e. The van der Waals surface area contributed by atoms with Crippen LogP contribution in [0.5, 0.6) is 0 Å². The molecule has 1 heterocycles. The molecule has 1 atom stereocenters. The number of rotatable bonds is 5. The summed E-state index contributed by atoms with van der Waals surface area (Å²) in [7, 11) is -0.832. The minimum absolute atomic E-state index is 0.248. The van der Waals surface area contributed by atoms with Crippen molar-refractivity contribution in [1.82, 2.24) is 4.90 Å². The molecule has 0 aromatic heterocycles. The summed E-state index contributed by atoms with van der Waals surface area (Å²) in [5.41, 5.74) is 0. The van der Waals surface area contributed by atoms with E-state index in [1.165, 1.54) is 18.6 Å². The quantitative estimate of drug-likeness (QED) is 0.757. The average molecular weight is 265 g/mol. The Morgan fingerprint density at radius 3 is 2.62 bits per heavy atom. The lowest BCUT2D eigenvalue weighted by molar-refractivity contribution is 0.259. The van der Waals surface area contributed by atoms with Crippen molar-refractivity contribution in [3.63, 3.8) is 0 Å². The summed E-state index contributed by atoms with van der Waals surface area (Å²) in [5, 5.41) is -0.248. The Bertz CT molecular complexity index is 295. The first-order chi connectivity index (χ1) is 7.43. The van der Waals surface area contributed by atoms with Crippen molar-refractivity contribution in [1.29, 1.82) is 0 Å². The summed E-state index contributed by atoms with van der Waals surface area (Å²) >= 11 is 1.98. The lowest BCUT2D eigenvalue weighted by Crippen LogP contribution is -2.39. The van der Waals surface area contributed by atoms with E-state index in [1.807, 2.05) is 18.8 Å². The van der Waals surface area contributed by atoms with Crippen LogP contribution in [0.4, 0.5) is 0 Å². The van der Waals surface area contributed by atoms with Crippen LogP contribution in [0.2, 0.25) is 0 Å². The first kappa shape index (κ1) is 14.3. The maximum absolute atomic E-state index is 11.7. The highest BCUT2D eigenvalue weighted by molar-refractivity contribution is 7.99. The van der Waals surface area contributed by atoms with Gasteiger partial charge < -0.3 is 4.90 Å². The van der Waals surface area contributed by atoms with Crippen LogP contribution in [0.15, 0.2) is 0 Å². The zero-order valence-electron chi connectivity index (χ0n) is 10.5. The average Bonchev–Trinajstić information content (AvgIpc) is 2.27. The Labute approximate surface area is 104 Å². The first-order valence-corrected chi connectivity index (χ1v) is 8.80. The second-order valence-corrected chi connectivity index (χ2v) is 8.59. The van der Waals surface area contributed by atoms with Crippen molar-refractivity contribution in [2.75, 3.05) is 30.9 Å². The Balaban J connectivity index is 2.37. The van der Waals surface area contributed by atoms with E-state index in [0.717, 1.165) is 5.75 Å². The van der Waals surface area contributed by atoms with Crippen molar-refractivity contribution in [3.8, 4) is 0 Å². The second kappa shape index (κ2) is 6.26. The maximum Gasteiger partial charge on any atom is 0.153 e. The summed E-state index contributed by atoms with van der Waals surface area (Å²) in [5.74, 6) is 2.70. The van der Waals surface area contributed by atoms with E-state index in [-0.39, 0.29) is 5.25 Å². The predicted molar refractivity (Wildman–Crippen MR) is 71.9 cm³/mol. The summed E-state index contributed by atoms with van der Waals surface area (Å²) in [6.45, 7) is 4.18. The number of hydrogen-bond acceptors (Lipinski definition) is 4. The van der Waals surface area contributed by atoms with Crippen LogP contribution in [0.1, 0.15) is 26.7 Å². The van der Waals surface area contributed by atoms with E-state index in [0.29, 0.717) is 18.3 Å². The molecule has 0 amide bonds. The molecule has 1 rings (SSSR count). The van der Waals surface area contributed by atoms with Gasteiger partial charge in [-0.1, -0.05) is 0 Å². The van der Waals surface area contributed by atoms with Gasteiger partial charge in [-0.15, -0.1) is 0 Å². The number of hydrogen-bond donors (Lipinski definition) is 0. The highest BCUT2D eigenvalue weighted by atomic mass is 32.2. The van der Waals surface area contributed by atoms with Gasteiger partial charge in [0.15, 0.2) is 9.84 Å². The molecule has 0 N–H and O–H groups in total. The third kappa shape index (κ3) is 4.26. The molecule has 0 aromatic rings. The van der Waals surface area contributed by atoms with Gasteiger partial charge in [-0.2, -0.15) is 11.8 Å². The summed E-state index contributed by atoms with van der Waals surface area (Å²) < 4.78 is 23.4. The van der Waals surface area contributed by atoms with Crippen molar-refractivity contribution in [3.05, 3.63) is 0 Å². The monoisotopic (exact) mass is 265 g/mol. The van der Waals surface area contributed by atoms with Gasteiger partial charge in [-0.05, 0) is 39.5 Å². The van der Waals surface area contributed by atoms with Crippen LogP contribution in [-0.4, -0.2) is 55.5 Å². The van der Waals surface area contributed by atoms with Gasteiger partial charge in [-0.3, -0.25) is 0 Å². The van der Waals surface area contributed by atoms with Crippen molar-refractivity contribution in [2.24, 2.45) is 0 Å². The van der Waals surface area contributed by atoms with Crippen LogP contribution in [0, 0.1) is 0 Å². The molecule has 0 aromatic carbocycles. The summed E-state index contributed by atoms with van der Waals surface area (Å²) in [4.78, 5) is 2.21. The zero-order chi connectivity index (χ0) is 12.2. The van der Waals surface area contributed by atoms with Gasteiger partial charge in [-0.25, -0.2) is 8.42 Å². The summed E-state index contributed by atoms with van der Waals surface area (Å²) in [6, 6.07) is 0.570. The van der Waals surface area contributed by atoms with Crippen molar-refractivity contribution in [2.45, 2.75) is 38.0 Å². The predicted octanol–water partition coefficient (Wildman–Crippen LogP) is 1.64. The van der Waals surface area contributed by atoms with Crippen LogP contribution in [0.3, 0.4) is 0 Å². The Kier molecular flexibility index (Phi) is 5.61. The largest absolute Gasteiger partial charge is 0.302 e. The topological polar surface area (TPSA) is 37.4 Å². The summed E-state index contributed by atoms with van der Waals surface area (Å²) in [6.07, 6.45) is 2.47. The number of sulfone groups is 1. The van der Waals surface area contributed by atoms with Gasteiger partial charge in [0, 0.05) is 18.3 Å². The normalized spacial score (nSPS) is 22.9. The Morgan fingerprint density at radius 1 is 1.44 bits per heavy atom. The molecule has 0 saturated carbocycles. The molecule has 1 saturated heterocycles. The number of thioether (sulfide) groups is 1. The molecule has 96 valence electrons. The van der Waals surface area contributed by atoms with Crippen LogP contribution in [0.25, 0.3) is 0 Å². The van der Waals surface area contributed by atoms with Crippen LogP contribution < -0.4 is 0 Å². The standard InChI is InChI=1S/C11H23NO2S2/c1-10(2)16(13,14)8-6-12(3)11-5-4-7-15-9-11/h10-11H,4-9H2,1-3H3/t11-/m1/s1. The Hall–Kier alpha value is 0.260. The Morgan fingerprint density at radius 2 is 2.12 bits per heavy atom. The molecule has 1 fully saturated rings. The van der Waals surface area contributed by atoms with E-state index < -0.39 is 9.84 Å². The molecule has 0 radical (unpaired) electrons. The van der Waals surface area contributed by atoms with E-state index >= 15 is 0 Å². The van der Waals surface area contributed by atoms with E-state index in [1.54, 1.807) is 13.8 Å². The minimum atomic E-state index is -2.88. The van der Waals surface area contributed by atoms with Gasteiger partial charge in [0.05, 0.1) is 11.0 Å². The molecule has 0 spiro atoms. The molecular weight excluding hydrogens is 242 g/mol. The van der Waals surface area contributed by atoms with Gasteiger partial charge in [0.25, 0.3) is 0 Å². The highest BCUT2D eigenvalue weighted by Crippen LogP contribution is 2.20. The smallest absolute Gasteiger partial charge is 0.153 e. The lowest BCUT2D eigenvalue weighted by atomic mass is 10.1. The van der Waals surface area contributed by atoms with Crippen molar-refractivity contribution >= 4 is 21.6 Å². The maximum atomic E-state index is 11.7. The van der Waals surface area contributed by atoms with E-state index in [4.69, 9.17) is 0 Å². The molecule has 1 aliphatic rings. The molecule has 0 aliphatic carbocycles. The van der Waals surface area contributed by atoms with Crippen LogP contribution >= 0.6 is 11.8 Å². The fourth-order valence-electron chi connectivity index (χ4n) is 1.76. The fraction of sp³-hybridized carbons (Fsp3) is 1.00. The fourth-order valence-corrected chi connectivity index (χ4v) is 4.01. The van der Waals surface area contributed by atoms with Crippen LogP contribution in [-0.2, 0) is 9.84 Å². The zero-order valence-corrected chi connectivity index (χ0v) is 12.1. The highest BCUT2D eigenvalue weighted by Gasteiger charge is 2.21. The molecule has 0 bridgehead atoms. The SMILES string of the molecule is CC(C)S(=O)(=O)CCN(C)[C@@H]1CCCSC1. The number of nitrogens with zero attached hydrogens (tertiary/aromatic N) is 1. The lowest BCUT2D eigenvalue weighted by Gasteiger charge is -2.30. The molecule has 16 heavy (non-hydrogen) atoms. The van der Waals surface area contributed by atoms with Gasteiger partial charge >= 0.3 is 0 Å². The van der Waals surface area contributed by atoms with Gasteiger partial charge in [0.2, 0.25) is 0 Å². The van der Waals surface area contributed by atoms with E-state index in [2.05, 4.69) is 4.90 Å². The second-order valence-electron chi connectivity index (χ2n) is 4.77. The van der Waals surface area contributed by atoms with Crippen molar-refractivity contribution < 1.29 is 8.42 Å². The first-order valence-electron chi connectivity index (χ1n) is 5.93. The molecule has 5 heteroatoms. The third-order valence-corrected chi connectivity index (χ3v) is 6.59. The van der Waals surface area contributed by atoms with E-state index in [9.17, 15) is 8.42 Å². The molecule has 0 unspecified atom stereocenters. The van der Waals surface area contributed by atoms with Gasteiger partial charge in [0.1, 0.15) is 0 Å². The third-order valence-electron chi connectivity index (χ3n) is 3.21.